The first kappa shape index (κ1) is 60.7. The van der Waals surface area contributed by atoms with Crippen molar-refractivity contribution in [3.05, 3.63) is 93.6 Å². The predicted molar refractivity (Wildman–Crippen MR) is 335 cm³/mol. The first-order valence-corrected chi connectivity index (χ1v) is 36.1. The van der Waals surface area contributed by atoms with Gasteiger partial charge in [0.25, 0.3) is 0 Å². The number of fused-ring (bicyclic) bond motifs is 4. The minimum absolute atomic E-state index is 0.722. The highest BCUT2D eigenvalue weighted by atomic mass is 15.2. The number of aromatic nitrogens is 10. The van der Waals surface area contributed by atoms with Crippen molar-refractivity contribution in [2.75, 3.05) is 0 Å². The maximum Gasteiger partial charge on any atom is 0.244 e. The summed E-state index contributed by atoms with van der Waals surface area (Å²) in [5.74, 6) is 5.53. The van der Waals surface area contributed by atoms with E-state index in [0.29, 0.717) is 0 Å². The van der Waals surface area contributed by atoms with Crippen LogP contribution in [0.4, 0.5) is 0 Å². The third-order valence-electron chi connectivity index (χ3n) is 22.8. The van der Waals surface area contributed by atoms with E-state index in [4.69, 9.17) is 0 Å². The highest BCUT2D eigenvalue weighted by Crippen LogP contribution is 2.51. The second kappa shape index (κ2) is 30.6. The first-order valence-electron chi connectivity index (χ1n) is 36.1. The van der Waals surface area contributed by atoms with Crippen LogP contribution in [0.15, 0.2) is 93.6 Å². The van der Waals surface area contributed by atoms with Crippen LogP contribution >= 0.6 is 0 Å². The molecule has 83 heavy (non-hydrogen) atoms. The zero-order chi connectivity index (χ0) is 56.7. The average molecular weight is 1140 g/mol. The topological polar surface area (TPSA) is 44.0 Å². The summed E-state index contributed by atoms with van der Waals surface area (Å²) in [4.78, 5) is 0. The van der Waals surface area contributed by atoms with Gasteiger partial charge in [-0.05, 0) is 241 Å². The lowest BCUT2D eigenvalue weighted by atomic mass is 9.95. The van der Waals surface area contributed by atoms with Gasteiger partial charge in [-0.3, -0.25) is 0 Å². The minimum Gasteiger partial charge on any atom is -0.237 e. The molecule has 0 amide bonds. The van der Waals surface area contributed by atoms with Gasteiger partial charge in [0.2, 0.25) is 31.6 Å². The number of imidazole rings is 5. The van der Waals surface area contributed by atoms with E-state index in [2.05, 4.69) is 167 Å². The summed E-state index contributed by atoms with van der Waals surface area (Å²) in [6.07, 6.45) is 89.0. The van der Waals surface area contributed by atoms with Gasteiger partial charge in [0.05, 0.1) is 13.1 Å². The van der Waals surface area contributed by atoms with Gasteiger partial charge in [-0.15, -0.1) is 0 Å². The Morgan fingerprint density at radius 3 is 1.13 bits per heavy atom. The third-order valence-corrected chi connectivity index (χ3v) is 22.8. The van der Waals surface area contributed by atoms with Gasteiger partial charge < -0.3 is 0 Å². The molecule has 0 radical (unpaired) electrons. The highest BCUT2D eigenvalue weighted by molar-refractivity contribution is 4.95. The fourth-order valence-corrected chi connectivity index (χ4v) is 18.2. The molecule has 0 aromatic carbocycles. The summed E-state index contributed by atoms with van der Waals surface area (Å²) in [5.41, 5.74) is 0. The minimum atomic E-state index is 0.722. The van der Waals surface area contributed by atoms with Crippen LogP contribution in [0.3, 0.4) is 0 Å². The molecule has 458 valence electrons. The van der Waals surface area contributed by atoms with Gasteiger partial charge in [0, 0.05) is 0 Å². The van der Waals surface area contributed by atoms with Crippen LogP contribution in [-0.4, -0.2) is 22.8 Å². The molecular weight excluding hydrogens is 1020 g/mol. The van der Waals surface area contributed by atoms with Gasteiger partial charge in [0.1, 0.15) is 110 Å². The first-order chi connectivity index (χ1) is 40.7. The Morgan fingerprint density at radius 2 is 0.723 bits per heavy atom. The van der Waals surface area contributed by atoms with Gasteiger partial charge in [-0.2, -0.15) is 0 Å². The van der Waals surface area contributed by atoms with Gasteiger partial charge in [-0.25, -0.2) is 45.7 Å². The molecule has 5 aromatic heterocycles. The van der Waals surface area contributed by atoms with Gasteiger partial charge in [-0.1, -0.05) is 66.2 Å². The Kier molecular flexibility index (Phi) is 22.4. The zero-order valence-corrected chi connectivity index (χ0v) is 53.5. The van der Waals surface area contributed by atoms with E-state index in [1.165, 1.54) is 244 Å². The quantitative estimate of drug-likeness (QED) is 0.0883. The lowest BCUT2D eigenvalue weighted by molar-refractivity contribution is -0.728. The summed E-state index contributed by atoms with van der Waals surface area (Å²) >= 11 is 0. The third kappa shape index (κ3) is 17.0. The van der Waals surface area contributed by atoms with E-state index in [0.717, 1.165) is 96.9 Å². The lowest BCUT2D eigenvalue weighted by Gasteiger charge is -2.20. The SMILES string of the molecule is CC(C)Cn1cc[n+](CC(C)C)c1.c1c[n+](C2CC3CCC2C3)cn1C1CC2CCC1C2.c1c[n+](C2CCCC2)cn1C1CCCC1.c1c[n+](C2CCCCC2)cn1C1CCCCC1.c1c[n+](C2CCCCCC2)cn1C1CCCCCC1. The van der Waals surface area contributed by atoms with E-state index in [1.54, 1.807) is 0 Å². The van der Waals surface area contributed by atoms with Crippen LogP contribution in [0, 0.1) is 35.5 Å². The Balaban J connectivity index is 0.000000109. The normalized spacial score (nSPS) is 27.4. The number of rotatable bonds is 12. The van der Waals surface area contributed by atoms with Crippen LogP contribution in [-0.2, 0) is 13.1 Å². The Morgan fingerprint density at radius 1 is 0.337 bits per heavy atom. The molecule has 4 bridgehead atoms. The van der Waals surface area contributed by atoms with Crippen molar-refractivity contribution in [3.63, 3.8) is 0 Å². The van der Waals surface area contributed by atoms with Crippen molar-refractivity contribution >= 4 is 0 Å². The molecule has 0 aliphatic heterocycles. The fourth-order valence-electron chi connectivity index (χ4n) is 18.2. The standard InChI is InChI=1S/C17H25N2.C17H29N2.C15H25N2.C13H21N2.C11H21N2/c1-3-14-7-12(1)9-16(14)18-5-6-19(11-18)17-10-13-2-4-15(17)8-13;1-2-6-10-16(9-5-1)18-13-14-19(15-18)17-11-7-3-4-8-12-17;1-3-7-14(8-4-1)16-11-12-17(13-16)15-9-5-2-6-10-15;1-2-6-12(5-1)14-9-10-15(11-14)13-7-3-4-8-13;1-10(2)7-12-5-6-13(9-12)8-11(3)4/h5-6,11-17H,1-4,7-10H2;13-17H,1-12H2;11-15H,1-10H2;9-13H,1-8H2;5-6,9-11H,7-8H2,1-4H3/q5*+1. The van der Waals surface area contributed by atoms with E-state index in [-0.39, 0.29) is 0 Å². The summed E-state index contributed by atoms with van der Waals surface area (Å²) in [5, 5.41) is 0. The van der Waals surface area contributed by atoms with E-state index < -0.39 is 0 Å². The molecule has 0 saturated heterocycles. The van der Waals surface area contributed by atoms with E-state index in [9.17, 15) is 0 Å². The molecule has 10 saturated carbocycles. The van der Waals surface area contributed by atoms with Crippen molar-refractivity contribution in [2.45, 2.75) is 333 Å². The maximum atomic E-state index is 2.57. The van der Waals surface area contributed by atoms with Crippen LogP contribution < -0.4 is 22.8 Å². The van der Waals surface area contributed by atoms with Gasteiger partial charge >= 0.3 is 0 Å². The van der Waals surface area contributed by atoms with Gasteiger partial charge in [0.15, 0.2) is 0 Å². The van der Waals surface area contributed by atoms with Crippen LogP contribution in [0.25, 0.3) is 0 Å². The van der Waals surface area contributed by atoms with Crippen LogP contribution in [0.1, 0.15) is 320 Å². The Labute approximate surface area is 505 Å². The second-order valence-corrected chi connectivity index (χ2v) is 30.1. The summed E-state index contributed by atoms with van der Waals surface area (Å²) in [6, 6.07) is 6.38. The molecular formula is C73H121N10+5. The largest absolute Gasteiger partial charge is 0.244 e. The maximum absolute atomic E-state index is 2.57. The zero-order valence-electron chi connectivity index (χ0n) is 53.5. The fraction of sp³-hybridized carbons (Fsp3) is 0.795. The number of hydrogen-bond acceptors (Lipinski definition) is 0. The molecule has 5 aromatic rings. The van der Waals surface area contributed by atoms with Crippen molar-refractivity contribution in [2.24, 2.45) is 35.5 Å². The lowest BCUT2D eigenvalue weighted by Crippen LogP contribution is -2.40. The molecule has 10 heteroatoms. The van der Waals surface area contributed by atoms with Crippen molar-refractivity contribution in [3.8, 4) is 0 Å². The predicted octanol–water partition coefficient (Wildman–Crippen LogP) is 16.9. The smallest absolute Gasteiger partial charge is 0.237 e. The average Bonchev–Trinajstić information content (AvgIpc) is 4.46. The molecule has 10 aliphatic rings. The summed E-state index contributed by atoms with van der Waals surface area (Å²) in [7, 11) is 0. The molecule has 0 N–H and O–H groups in total. The summed E-state index contributed by atoms with van der Waals surface area (Å²) in [6.45, 7) is 11.2. The Bertz CT molecular complexity index is 2420. The number of nitrogens with zero attached hydrogens (tertiary/aromatic N) is 10. The monoisotopic (exact) mass is 1140 g/mol. The molecule has 10 aliphatic carbocycles. The van der Waals surface area contributed by atoms with Crippen molar-refractivity contribution in [1.82, 2.24) is 22.8 Å². The van der Waals surface area contributed by atoms with Crippen LogP contribution in [0.5, 0.6) is 0 Å². The second-order valence-electron chi connectivity index (χ2n) is 30.1. The van der Waals surface area contributed by atoms with E-state index in [1.807, 2.05) is 0 Å². The molecule has 5 heterocycles. The molecule has 6 atom stereocenters. The van der Waals surface area contributed by atoms with Crippen molar-refractivity contribution < 1.29 is 22.8 Å². The van der Waals surface area contributed by atoms with Crippen LogP contribution in [0.2, 0.25) is 0 Å². The Hall–Kier alpha value is -3.95. The molecule has 10 nitrogen and oxygen atoms in total. The summed E-state index contributed by atoms with van der Waals surface area (Å²) < 4.78 is 24.5. The number of hydrogen-bond donors (Lipinski definition) is 0. The molecule has 0 spiro atoms. The van der Waals surface area contributed by atoms with Crippen molar-refractivity contribution in [1.29, 1.82) is 0 Å². The molecule has 15 rings (SSSR count). The van der Waals surface area contributed by atoms with E-state index >= 15 is 0 Å². The molecule has 10 fully saturated rings. The highest BCUT2D eigenvalue weighted by Gasteiger charge is 2.46. The molecule has 6 unspecified atom stereocenters.